The average Bonchev–Trinajstić information content (AvgIpc) is 3.29. The van der Waals surface area contributed by atoms with Gasteiger partial charge in [-0.2, -0.15) is 0 Å². The molecule has 1 fully saturated rings. The van der Waals surface area contributed by atoms with Crippen molar-refractivity contribution in [2.75, 3.05) is 54.6 Å². The van der Waals surface area contributed by atoms with Gasteiger partial charge in [0.15, 0.2) is 5.17 Å². The van der Waals surface area contributed by atoms with Gasteiger partial charge in [-0.25, -0.2) is 9.79 Å². The van der Waals surface area contributed by atoms with Gasteiger partial charge in [0.2, 0.25) is 5.91 Å². The molecule has 0 bridgehead atoms. The summed E-state index contributed by atoms with van der Waals surface area (Å²) in [5, 5.41) is 2.70. The van der Waals surface area contributed by atoms with E-state index in [1.165, 1.54) is 18.9 Å². The van der Waals surface area contributed by atoms with E-state index in [1.54, 1.807) is 20.3 Å². The number of amides is 1. The van der Waals surface area contributed by atoms with Gasteiger partial charge in [0.05, 0.1) is 45.1 Å². The molecule has 9 nitrogen and oxygen atoms in total. The van der Waals surface area contributed by atoms with Gasteiger partial charge < -0.3 is 28.9 Å². The fourth-order valence-electron chi connectivity index (χ4n) is 4.57. The van der Waals surface area contributed by atoms with E-state index in [2.05, 4.69) is 11.9 Å². The fraction of sp³-hybridized carbons (Fsp3) is 0.480. The van der Waals surface area contributed by atoms with Crippen molar-refractivity contribution < 1.29 is 23.8 Å². The molecule has 1 aromatic rings. The maximum atomic E-state index is 13.2. The zero-order chi connectivity index (χ0) is 25.1. The number of esters is 1. The van der Waals surface area contributed by atoms with Gasteiger partial charge in [0, 0.05) is 43.5 Å². The van der Waals surface area contributed by atoms with Gasteiger partial charge in [0.1, 0.15) is 11.5 Å². The Kier molecular flexibility index (Phi) is 7.71. The third-order valence-corrected chi connectivity index (χ3v) is 7.44. The molecular weight excluding hydrogens is 468 g/mol. The maximum absolute atomic E-state index is 13.2. The molecule has 3 aliphatic rings. The summed E-state index contributed by atoms with van der Waals surface area (Å²) in [5.74, 6) is 0.839. The van der Waals surface area contributed by atoms with Crippen LogP contribution in [0.2, 0.25) is 0 Å². The number of allylic oxidation sites excluding steroid dienone is 1. The molecule has 0 aliphatic carbocycles. The van der Waals surface area contributed by atoms with Crippen molar-refractivity contribution >= 4 is 28.8 Å². The van der Waals surface area contributed by atoms with Crippen LogP contribution in [-0.4, -0.2) is 86.3 Å². The van der Waals surface area contributed by atoms with E-state index in [0.29, 0.717) is 42.3 Å². The SMILES string of the molecule is CCC1=C(C(=O)OC)[C@H](c2ccc(OC)cc2OC)N2C(CC(=O)N3CCN(C)CC3)=CSC2=N1. The van der Waals surface area contributed by atoms with Crippen molar-refractivity contribution in [1.29, 1.82) is 0 Å². The number of piperazine rings is 1. The number of aliphatic imine (C=N–C) groups is 1. The predicted octanol–water partition coefficient (Wildman–Crippen LogP) is 3.01. The van der Waals surface area contributed by atoms with Gasteiger partial charge in [0.25, 0.3) is 0 Å². The number of likely N-dealkylation sites (N-methyl/N-ethyl adjacent to an activating group) is 1. The standard InChI is InChI=1S/C25H32N4O5S/c1-6-19-22(24(31)34-5)23(18-8-7-17(32-3)14-20(18)33-4)29-16(15-35-25(29)26-19)13-21(30)28-11-9-27(2)10-12-28/h7-8,14-15,23H,6,9-13H2,1-5H3/t23-/m0/s1. The Morgan fingerprint density at radius 1 is 1.11 bits per heavy atom. The maximum Gasteiger partial charge on any atom is 0.338 e. The molecule has 10 heteroatoms. The lowest BCUT2D eigenvalue weighted by Gasteiger charge is -2.38. The van der Waals surface area contributed by atoms with Crippen LogP contribution >= 0.6 is 11.8 Å². The van der Waals surface area contributed by atoms with Crippen LogP contribution in [-0.2, 0) is 14.3 Å². The summed E-state index contributed by atoms with van der Waals surface area (Å²) < 4.78 is 16.3. The molecule has 0 unspecified atom stereocenters. The number of nitrogens with zero attached hydrogens (tertiary/aromatic N) is 4. The summed E-state index contributed by atoms with van der Waals surface area (Å²) in [5.41, 5.74) is 2.69. The Morgan fingerprint density at radius 3 is 2.49 bits per heavy atom. The molecule has 1 aromatic carbocycles. The van der Waals surface area contributed by atoms with E-state index in [4.69, 9.17) is 19.2 Å². The summed E-state index contributed by atoms with van der Waals surface area (Å²) in [6.07, 6.45) is 0.785. The molecule has 4 rings (SSSR count). The quantitative estimate of drug-likeness (QED) is 0.529. The Balaban J connectivity index is 1.75. The molecule has 1 amide bonds. The Morgan fingerprint density at radius 2 is 1.86 bits per heavy atom. The first-order valence-corrected chi connectivity index (χ1v) is 12.5. The number of amidine groups is 1. The first-order chi connectivity index (χ1) is 16.9. The average molecular weight is 501 g/mol. The minimum Gasteiger partial charge on any atom is -0.497 e. The monoisotopic (exact) mass is 500 g/mol. The van der Waals surface area contributed by atoms with Crippen LogP contribution in [0.1, 0.15) is 31.4 Å². The molecule has 0 N–H and O–H groups in total. The summed E-state index contributed by atoms with van der Waals surface area (Å²) in [6, 6.07) is 4.98. The first-order valence-electron chi connectivity index (χ1n) is 11.6. The number of benzene rings is 1. The zero-order valence-electron chi connectivity index (χ0n) is 20.9. The predicted molar refractivity (Wildman–Crippen MR) is 135 cm³/mol. The van der Waals surface area contributed by atoms with Crippen molar-refractivity contribution in [2.45, 2.75) is 25.8 Å². The molecule has 1 atom stereocenters. The highest BCUT2D eigenvalue weighted by Crippen LogP contribution is 2.48. The lowest BCUT2D eigenvalue weighted by Crippen LogP contribution is -2.47. The highest BCUT2D eigenvalue weighted by Gasteiger charge is 2.43. The van der Waals surface area contributed by atoms with E-state index < -0.39 is 12.0 Å². The number of carbonyl (C=O) groups is 2. The Labute approximate surface area is 210 Å². The third-order valence-electron chi connectivity index (χ3n) is 6.55. The highest BCUT2D eigenvalue weighted by molar-refractivity contribution is 8.16. The van der Waals surface area contributed by atoms with E-state index in [0.717, 1.165) is 29.5 Å². The highest BCUT2D eigenvalue weighted by atomic mass is 32.2. The summed E-state index contributed by atoms with van der Waals surface area (Å²) in [6.45, 7) is 5.10. The van der Waals surface area contributed by atoms with Crippen molar-refractivity contribution in [3.05, 3.63) is 46.1 Å². The molecule has 0 radical (unpaired) electrons. The van der Waals surface area contributed by atoms with Crippen LogP contribution in [0.5, 0.6) is 11.5 Å². The number of carbonyl (C=O) groups excluding carboxylic acids is 2. The van der Waals surface area contributed by atoms with Crippen molar-refractivity contribution in [3.8, 4) is 11.5 Å². The van der Waals surface area contributed by atoms with Gasteiger partial charge in [-0.3, -0.25) is 4.79 Å². The second-order valence-corrected chi connectivity index (χ2v) is 9.40. The minimum atomic E-state index is -0.549. The molecule has 1 saturated heterocycles. The molecule has 35 heavy (non-hydrogen) atoms. The molecule has 0 spiro atoms. The largest absolute Gasteiger partial charge is 0.497 e. The van der Waals surface area contributed by atoms with Gasteiger partial charge in [-0.15, -0.1) is 0 Å². The van der Waals surface area contributed by atoms with Crippen LogP contribution < -0.4 is 9.47 Å². The Bertz CT molecular complexity index is 1090. The molecular formula is C25H32N4O5S. The number of rotatable bonds is 7. The van der Waals surface area contributed by atoms with Crippen molar-refractivity contribution in [3.63, 3.8) is 0 Å². The van der Waals surface area contributed by atoms with Crippen LogP contribution in [0.15, 0.2) is 45.6 Å². The molecule has 188 valence electrons. The van der Waals surface area contributed by atoms with Gasteiger partial charge in [-0.1, -0.05) is 18.7 Å². The normalized spacial score (nSPS) is 20.3. The van der Waals surface area contributed by atoms with Gasteiger partial charge >= 0.3 is 5.97 Å². The summed E-state index contributed by atoms with van der Waals surface area (Å²) in [4.78, 5) is 37.2. The summed E-state index contributed by atoms with van der Waals surface area (Å²) >= 11 is 1.47. The molecule has 3 heterocycles. The topological polar surface area (TPSA) is 83.9 Å². The van der Waals surface area contributed by atoms with Crippen molar-refractivity contribution in [1.82, 2.24) is 14.7 Å². The van der Waals surface area contributed by atoms with Crippen LogP contribution in [0.3, 0.4) is 0 Å². The lowest BCUT2D eigenvalue weighted by molar-refractivity contribution is -0.136. The smallest absolute Gasteiger partial charge is 0.338 e. The number of thioether (sulfide) groups is 1. The molecule has 0 saturated carbocycles. The second-order valence-electron chi connectivity index (χ2n) is 8.57. The van der Waals surface area contributed by atoms with Crippen LogP contribution in [0.25, 0.3) is 0 Å². The number of ether oxygens (including phenoxy) is 3. The zero-order valence-corrected chi connectivity index (χ0v) is 21.7. The first kappa shape index (κ1) is 25.1. The van der Waals surface area contributed by atoms with E-state index in [1.807, 2.05) is 34.3 Å². The number of methoxy groups -OCH3 is 3. The third kappa shape index (κ3) is 4.90. The fourth-order valence-corrected chi connectivity index (χ4v) is 5.51. The Hall–Kier alpha value is -2.98. The second kappa shape index (κ2) is 10.7. The van der Waals surface area contributed by atoms with Crippen LogP contribution in [0.4, 0.5) is 0 Å². The van der Waals surface area contributed by atoms with Crippen molar-refractivity contribution in [2.24, 2.45) is 4.99 Å². The molecule has 0 aromatic heterocycles. The van der Waals surface area contributed by atoms with Crippen LogP contribution in [0, 0.1) is 0 Å². The van der Waals surface area contributed by atoms with E-state index in [9.17, 15) is 9.59 Å². The number of fused-ring (bicyclic) bond motifs is 1. The van der Waals surface area contributed by atoms with Gasteiger partial charge in [-0.05, 0) is 31.0 Å². The number of hydrogen-bond donors (Lipinski definition) is 0. The van der Waals surface area contributed by atoms with E-state index >= 15 is 0 Å². The lowest BCUT2D eigenvalue weighted by atomic mass is 9.92. The summed E-state index contributed by atoms with van der Waals surface area (Å²) in [7, 11) is 6.62. The van der Waals surface area contributed by atoms with E-state index in [-0.39, 0.29) is 12.3 Å². The minimum absolute atomic E-state index is 0.0662. The molecule has 3 aliphatic heterocycles. The number of hydrogen-bond acceptors (Lipinski definition) is 9.